The van der Waals surface area contributed by atoms with Crippen LogP contribution in [0.1, 0.15) is 55.8 Å². The van der Waals surface area contributed by atoms with Crippen molar-refractivity contribution >= 4 is 34.5 Å². The summed E-state index contributed by atoms with van der Waals surface area (Å²) in [5.74, 6) is 0.324. The molecule has 2 aromatic carbocycles. The molecule has 6 nitrogen and oxygen atoms in total. The van der Waals surface area contributed by atoms with Crippen molar-refractivity contribution in [3.05, 3.63) is 64.9 Å². The number of carbonyl (C=O) groups excluding carboxylic acids is 1. The van der Waals surface area contributed by atoms with Crippen molar-refractivity contribution in [3.8, 4) is 0 Å². The molecule has 4 rings (SSSR count). The van der Waals surface area contributed by atoms with Crippen molar-refractivity contribution in [1.82, 2.24) is 14.5 Å². The molecule has 33 heavy (non-hydrogen) atoms. The number of halogens is 1. The maximum atomic E-state index is 13.1. The highest BCUT2D eigenvalue weighted by atomic mass is 35.5. The molecule has 0 atom stereocenters. The van der Waals surface area contributed by atoms with E-state index in [9.17, 15) is 14.7 Å². The Labute approximate surface area is 199 Å². The van der Waals surface area contributed by atoms with Gasteiger partial charge in [-0.1, -0.05) is 55.1 Å². The number of benzene rings is 2. The fourth-order valence-electron chi connectivity index (χ4n) is 4.74. The molecule has 0 aliphatic heterocycles. The van der Waals surface area contributed by atoms with Gasteiger partial charge in [-0.05, 0) is 49.1 Å². The third kappa shape index (κ3) is 5.93. The molecule has 174 valence electrons. The minimum Gasteiger partial charge on any atom is -0.480 e. The maximum absolute atomic E-state index is 13.1. The Morgan fingerprint density at radius 1 is 1.06 bits per heavy atom. The number of hydrogen-bond acceptors (Lipinski definition) is 3. The quantitative estimate of drug-likeness (QED) is 0.464. The summed E-state index contributed by atoms with van der Waals surface area (Å²) in [4.78, 5) is 30.9. The number of carboxylic acids is 1. The Bertz CT molecular complexity index is 1100. The molecule has 1 aromatic heterocycles. The van der Waals surface area contributed by atoms with Crippen LogP contribution in [-0.2, 0) is 22.6 Å². The summed E-state index contributed by atoms with van der Waals surface area (Å²) in [5.41, 5.74) is 3.01. The van der Waals surface area contributed by atoms with Gasteiger partial charge in [0.15, 0.2) is 0 Å². The molecule has 0 saturated heterocycles. The SMILES string of the molecule is O=C(O)CN(CCc1ccc(Cl)cc1)C(=O)CCn1c(C2CCCCC2)nc2ccccc21. The number of fused-ring (bicyclic) bond motifs is 1. The van der Waals surface area contributed by atoms with Crippen LogP contribution in [0.3, 0.4) is 0 Å². The van der Waals surface area contributed by atoms with E-state index >= 15 is 0 Å². The lowest BCUT2D eigenvalue weighted by Crippen LogP contribution is -2.37. The van der Waals surface area contributed by atoms with E-state index < -0.39 is 5.97 Å². The first-order valence-electron chi connectivity index (χ1n) is 11.7. The molecular weight excluding hydrogens is 438 g/mol. The molecule has 1 aliphatic carbocycles. The molecule has 1 amide bonds. The van der Waals surface area contributed by atoms with Gasteiger partial charge in [0.05, 0.1) is 11.0 Å². The molecule has 0 bridgehead atoms. The van der Waals surface area contributed by atoms with E-state index in [2.05, 4.69) is 10.6 Å². The molecule has 7 heteroatoms. The van der Waals surface area contributed by atoms with Crippen LogP contribution in [0.25, 0.3) is 11.0 Å². The second-order valence-corrected chi connectivity index (χ2v) is 9.22. The molecule has 1 aliphatic rings. The molecule has 1 heterocycles. The molecule has 1 saturated carbocycles. The van der Waals surface area contributed by atoms with Crippen LogP contribution < -0.4 is 0 Å². The Hall–Kier alpha value is -2.86. The highest BCUT2D eigenvalue weighted by molar-refractivity contribution is 6.30. The topological polar surface area (TPSA) is 75.4 Å². The summed E-state index contributed by atoms with van der Waals surface area (Å²) in [5, 5.41) is 10.00. The van der Waals surface area contributed by atoms with E-state index in [1.54, 1.807) is 12.1 Å². The van der Waals surface area contributed by atoms with E-state index in [0.717, 1.165) is 35.3 Å². The van der Waals surface area contributed by atoms with Crippen LogP contribution in [-0.4, -0.2) is 44.5 Å². The van der Waals surface area contributed by atoms with Crippen molar-refractivity contribution in [2.45, 2.75) is 57.4 Å². The number of para-hydroxylation sites is 2. The normalized spacial score (nSPS) is 14.5. The number of aliphatic carboxylic acids is 1. The van der Waals surface area contributed by atoms with Crippen LogP contribution in [0.15, 0.2) is 48.5 Å². The van der Waals surface area contributed by atoms with Crippen LogP contribution in [0.5, 0.6) is 0 Å². The fourth-order valence-corrected chi connectivity index (χ4v) is 4.86. The standard InChI is InChI=1S/C26H30ClN3O3/c27-21-12-10-19(11-13-21)14-16-29(18-25(32)33)24(31)15-17-30-23-9-5-4-8-22(23)28-26(30)20-6-2-1-3-7-20/h4-5,8-13,20H,1-3,6-7,14-18H2,(H,32,33). The smallest absolute Gasteiger partial charge is 0.323 e. The van der Waals surface area contributed by atoms with Gasteiger partial charge >= 0.3 is 5.97 Å². The van der Waals surface area contributed by atoms with Gasteiger partial charge in [-0.2, -0.15) is 0 Å². The van der Waals surface area contributed by atoms with Gasteiger partial charge in [-0.15, -0.1) is 0 Å². The van der Waals surface area contributed by atoms with E-state index in [1.165, 1.54) is 24.2 Å². The summed E-state index contributed by atoms with van der Waals surface area (Å²) in [6.07, 6.45) is 6.78. The lowest BCUT2D eigenvalue weighted by Gasteiger charge is -2.24. The first-order chi connectivity index (χ1) is 16.0. The van der Waals surface area contributed by atoms with Crippen LogP contribution in [0.4, 0.5) is 0 Å². The Morgan fingerprint density at radius 2 is 1.79 bits per heavy atom. The summed E-state index contributed by atoms with van der Waals surface area (Å²) < 4.78 is 2.18. The zero-order valence-corrected chi connectivity index (χ0v) is 19.5. The number of aromatic nitrogens is 2. The summed E-state index contributed by atoms with van der Waals surface area (Å²) in [7, 11) is 0. The zero-order chi connectivity index (χ0) is 23.2. The predicted octanol–water partition coefficient (Wildman–Crippen LogP) is 5.28. The van der Waals surface area contributed by atoms with Gasteiger partial charge in [0.25, 0.3) is 0 Å². The average Bonchev–Trinajstić information content (AvgIpc) is 3.20. The average molecular weight is 468 g/mol. The summed E-state index contributed by atoms with van der Waals surface area (Å²) in [6.45, 7) is 0.557. The number of imidazole rings is 1. The zero-order valence-electron chi connectivity index (χ0n) is 18.8. The Balaban J connectivity index is 1.48. The number of carboxylic acid groups (broad SMARTS) is 1. The van der Waals surface area contributed by atoms with Crippen LogP contribution >= 0.6 is 11.6 Å². The number of amides is 1. The van der Waals surface area contributed by atoms with Crippen molar-refractivity contribution in [1.29, 1.82) is 0 Å². The van der Waals surface area contributed by atoms with Crippen LogP contribution in [0, 0.1) is 0 Å². The molecule has 1 N–H and O–H groups in total. The fraction of sp³-hybridized carbons (Fsp3) is 0.423. The monoisotopic (exact) mass is 467 g/mol. The highest BCUT2D eigenvalue weighted by Crippen LogP contribution is 2.34. The van der Waals surface area contributed by atoms with E-state index in [1.807, 2.05) is 30.3 Å². The third-order valence-corrected chi connectivity index (χ3v) is 6.72. The molecule has 0 radical (unpaired) electrons. The molecule has 3 aromatic rings. The third-order valence-electron chi connectivity index (χ3n) is 6.47. The number of rotatable bonds is 9. The van der Waals surface area contributed by atoms with Gasteiger partial charge in [-0.3, -0.25) is 9.59 Å². The Kier molecular flexibility index (Phi) is 7.65. The minimum absolute atomic E-state index is 0.154. The second kappa shape index (κ2) is 10.8. The van der Waals surface area contributed by atoms with Crippen molar-refractivity contribution in [3.63, 3.8) is 0 Å². The van der Waals surface area contributed by atoms with E-state index in [4.69, 9.17) is 16.6 Å². The number of nitrogens with zero attached hydrogens (tertiary/aromatic N) is 3. The lowest BCUT2D eigenvalue weighted by atomic mass is 9.88. The second-order valence-electron chi connectivity index (χ2n) is 8.78. The van der Waals surface area contributed by atoms with Gasteiger partial charge in [0, 0.05) is 30.5 Å². The number of hydrogen-bond donors (Lipinski definition) is 1. The first kappa shape index (κ1) is 23.3. The summed E-state index contributed by atoms with van der Waals surface area (Å²) in [6, 6.07) is 15.5. The lowest BCUT2D eigenvalue weighted by molar-refractivity contribution is -0.144. The summed E-state index contributed by atoms with van der Waals surface area (Å²) >= 11 is 5.94. The van der Waals surface area contributed by atoms with Crippen molar-refractivity contribution < 1.29 is 14.7 Å². The van der Waals surface area contributed by atoms with E-state index in [0.29, 0.717) is 30.5 Å². The highest BCUT2D eigenvalue weighted by Gasteiger charge is 2.24. The molecule has 1 fully saturated rings. The molecular formula is C26H30ClN3O3. The van der Waals surface area contributed by atoms with Gasteiger partial charge in [0.2, 0.25) is 5.91 Å². The predicted molar refractivity (Wildman–Crippen MR) is 130 cm³/mol. The largest absolute Gasteiger partial charge is 0.480 e. The molecule has 0 unspecified atom stereocenters. The van der Waals surface area contributed by atoms with E-state index in [-0.39, 0.29) is 18.9 Å². The van der Waals surface area contributed by atoms with Gasteiger partial charge < -0.3 is 14.6 Å². The molecule has 0 spiro atoms. The van der Waals surface area contributed by atoms with Gasteiger partial charge in [0.1, 0.15) is 12.4 Å². The van der Waals surface area contributed by atoms with Crippen molar-refractivity contribution in [2.24, 2.45) is 0 Å². The maximum Gasteiger partial charge on any atom is 0.323 e. The minimum atomic E-state index is -1.00. The Morgan fingerprint density at radius 3 is 2.52 bits per heavy atom. The first-order valence-corrected chi connectivity index (χ1v) is 12.1. The van der Waals surface area contributed by atoms with Crippen molar-refractivity contribution in [2.75, 3.05) is 13.1 Å². The number of aryl methyl sites for hydroxylation is 1. The van der Waals surface area contributed by atoms with Crippen LogP contribution in [0.2, 0.25) is 5.02 Å². The van der Waals surface area contributed by atoms with Gasteiger partial charge in [-0.25, -0.2) is 4.98 Å². The number of carbonyl (C=O) groups is 2.